The average Bonchev–Trinajstić information content (AvgIpc) is 3.01. The highest BCUT2D eigenvalue weighted by Gasteiger charge is 2.55. The molecule has 1 N–H and O–H groups in total. The van der Waals surface area contributed by atoms with E-state index in [1.54, 1.807) is 11.8 Å². The molecule has 2 saturated heterocycles. The van der Waals surface area contributed by atoms with Gasteiger partial charge in [0, 0.05) is 26.2 Å². The number of carbonyl (C=O) groups is 3. The molecule has 0 spiro atoms. The molecular formula is C24H32N4O3. The van der Waals surface area contributed by atoms with Crippen molar-refractivity contribution in [3.63, 3.8) is 0 Å². The minimum absolute atomic E-state index is 0.0179. The fraction of sp³-hybridized carbons (Fsp3) is 0.542. The van der Waals surface area contributed by atoms with Gasteiger partial charge in [0.2, 0.25) is 0 Å². The number of urea groups is 1. The zero-order valence-corrected chi connectivity index (χ0v) is 18.7. The number of likely N-dealkylation sites (tertiary alicyclic amines) is 1. The maximum Gasteiger partial charge on any atom is 0.325 e. The van der Waals surface area contributed by atoms with Gasteiger partial charge in [-0.3, -0.25) is 14.5 Å². The summed E-state index contributed by atoms with van der Waals surface area (Å²) in [5.74, 6) is 4.93. The predicted octanol–water partition coefficient (Wildman–Crippen LogP) is 1.73. The molecule has 0 radical (unpaired) electrons. The second-order valence-corrected chi connectivity index (χ2v) is 8.59. The van der Waals surface area contributed by atoms with Crippen molar-refractivity contribution < 1.29 is 14.4 Å². The Morgan fingerprint density at radius 3 is 2.48 bits per heavy atom. The van der Waals surface area contributed by atoms with Crippen molar-refractivity contribution in [2.45, 2.75) is 38.1 Å². The minimum Gasteiger partial charge on any atom is -0.332 e. The highest BCUT2D eigenvalue weighted by Crippen LogP contribution is 2.37. The molecule has 2 fully saturated rings. The Hall–Kier alpha value is -2.85. The van der Waals surface area contributed by atoms with Crippen LogP contribution >= 0.6 is 0 Å². The lowest BCUT2D eigenvalue weighted by Crippen LogP contribution is -2.57. The van der Waals surface area contributed by atoms with E-state index < -0.39 is 5.54 Å². The lowest BCUT2D eigenvalue weighted by Gasteiger charge is -2.40. The SMILES string of the molecule is CC#CC(=O)N1CCC([C@]2(CCc3ccccc3)NC(=O)N(CCN(C)C)C2=O)CC1. The van der Waals surface area contributed by atoms with Crippen LogP contribution in [0.1, 0.15) is 31.7 Å². The maximum absolute atomic E-state index is 13.6. The van der Waals surface area contributed by atoms with Crippen molar-refractivity contribution in [1.82, 2.24) is 20.0 Å². The number of piperidine rings is 1. The zero-order valence-electron chi connectivity index (χ0n) is 18.7. The molecule has 166 valence electrons. The van der Waals surface area contributed by atoms with Gasteiger partial charge in [-0.05, 0) is 64.1 Å². The van der Waals surface area contributed by atoms with Crippen molar-refractivity contribution >= 4 is 17.8 Å². The second-order valence-electron chi connectivity index (χ2n) is 8.59. The molecule has 1 atom stereocenters. The van der Waals surface area contributed by atoms with Gasteiger partial charge < -0.3 is 15.1 Å². The molecule has 7 nitrogen and oxygen atoms in total. The largest absolute Gasteiger partial charge is 0.332 e. The Bertz CT molecular complexity index is 866. The van der Waals surface area contributed by atoms with Crippen molar-refractivity contribution in [2.24, 2.45) is 5.92 Å². The molecule has 0 aromatic heterocycles. The van der Waals surface area contributed by atoms with Gasteiger partial charge in [-0.25, -0.2) is 4.79 Å². The van der Waals surface area contributed by atoms with Crippen LogP contribution in [-0.2, 0) is 16.0 Å². The van der Waals surface area contributed by atoms with E-state index >= 15 is 0 Å². The average molecular weight is 425 g/mol. The Balaban J connectivity index is 1.80. The van der Waals surface area contributed by atoms with Gasteiger partial charge in [0.1, 0.15) is 5.54 Å². The van der Waals surface area contributed by atoms with Gasteiger partial charge in [-0.1, -0.05) is 36.3 Å². The Kier molecular flexibility index (Phi) is 7.34. The number of hydrogen-bond acceptors (Lipinski definition) is 4. The third-order valence-corrected chi connectivity index (χ3v) is 6.33. The molecule has 7 heteroatoms. The van der Waals surface area contributed by atoms with Crippen molar-refractivity contribution in [1.29, 1.82) is 0 Å². The summed E-state index contributed by atoms with van der Waals surface area (Å²) >= 11 is 0. The van der Waals surface area contributed by atoms with Crippen LogP contribution in [0.4, 0.5) is 4.79 Å². The third kappa shape index (κ3) is 5.08. The molecule has 0 aliphatic carbocycles. The number of benzene rings is 1. The molecule has 2 aliphatic rings. The summed E-state index contributed by atoms with van der Waals surface area (Å²) in [6.07, 6.45) is 2.58. The summed E-state index contributed by atoms with van der Waals surface area (Å²) in [6.45, 7) is 3.74. The van der Waals surface area contributed by atoms with E-state index in [-0.39, 0.29) is 23.8 Å². The lowest BCUT2D eigenvalue weighted by atomic mass is 9.74. The van der Waals surface area contributed by atoms with Crippen LogP contribution in [0.15, 0.2) is 30.3 Å². The van der Waals surface area contributed by atoms with E-state index in [4.69, 9.17) is 0 Å². The molecule has 4 amide bonds. The first-order valence-corrected chi connectivity index (χ1v) is 10.9. The van der Waals surface area contributed by atoms with E-state index in [0.717, 1.165) is 5.56 Å². The van der Waals surface area contributed by atoms with Crippen molar-refractivity contribution in [2.75, 3.05) is 40.3 Å². The van der Waals surface area contributed by atoms with Crippen molar-refractivity contribution in [3.8, 4) is 11.8 Å². The Morgan fingerprint density at radius 1 is 1.19 bits per heavy atom. The summed E-state index contributed by atoms with van der Waals surface area (Å²) in [7, 11) is 3.85. The molecule has 0 saturated carbocycles. The molecule has 0 bridgehead atoms. The van der Waals surface area contributed by atoms with Gasteiger partial charge in [0.25, 0.3) is 11.8 Å². The van der Waals surface area contributed by atoms with E-state index in [9.17, 15) is 14.4 Å². The number of imide groups is 1. The highest BCUT2D eigenvalue weighted by molar-refractivity contribution is 6.07. The number of hydrogen-bond donors (Lipinski definition) is 1. The summed E-state index contributed by atoms with van der Waals surface area (Å²) in [6, 6.07) is 9.72. The number of likely N-dealkylation sites (N-methyl/N-ethyl adjacent to an activating group) is 1. The standard InChI is InChI=1S/C24H32N4O3/c1-4-8-21(29)27-15-12-20(13-16-27)24(14-11-19-9-6-5-7-10-19)22(30)28(23(31)25-24)18-17-26(2)3/h5-7,9-10,20H,11-18H2,1-3H3,(H,25,31)/t24-/m0/s1. The molecule has 2 aliphatic heterocycles. The van der Waals surface area contributed by atoms with E-state index in [0.29, 0.717) is 51.9 Å². The highest BCUT2D eigenvalue weighted by atomic mass is 16.2. The normalized spacial score (nSPS) is 21.8. The number of carbonyl (C=O) groups excluding carboxylic acids is 3. The number of rotatable bonds is 7. The van der Waals surface area contributed by atoms with Gasteiger partial charge in [0.15, 0.2) is 0 Å². The first-order chi connectivity index (χ1) is 14.9. The smallest absolute Gasteiger partial charge is 0.325 e. The van der Waals surface area contributed by atoms with E-state index in [1.807, 2.05) is 49.3 Å². The van der Waals surface area contributed by atoms with Gasteiger partial charge in [-0.15, -0.1) is 0 Å². The molecule has 31 heavy (non-hydrogen) atoms. The number of amides is 4. The van der Waals surface area contributed by atoms with Crippen molar-refractivity contribution in [3.05, 3.63) is 35.9 Å². The lowest BCUT2D eigenvalue weighted by molar-refractivity contribution is -0.135. The number of nitrogens with zero attached hydrogens (tertiary/aromatic N) is 3. The van der Waals surface area contributed by atoms with Crippen LogP contribution in [0, 0.1) is 17.8 Å². The summed E-state index contributed by atoms with van der Waals surface area (Å²) < 4.78 is 0. The first-order valence-electron chi connectivity index (χ1n) is 10.9. The predicted molar refractivity (Wildman–Crippen MR) is 119 cm³/mol. The summed E-state index contributed by atoms with van der Waals surface area (Å²) in [5.41, 5.74) is 0.214. The molecule has 3 rings (SSSR count). The topological polar surface area (TPSA) is 73.0 Å². The Labute approximate surface area is 184 Å². The minimum atomic E-state index is -0.926. The second kappa shape index (κ2) is 9.97. The van der Waals surface area contributed by atoms with Gasteiger partial charge >= 0.3 is 6.03 Å². The zero-order chi connectivity index (χ0) is 22.4. The maximum atomic E-state index is 13.6. The van der Waals surface area contributed by atoms with Gasteiger partial charge in [0.05, 0.1) is 0 Å². The quantitative estimate of drug-likeness (QED) is 0.535. The number of nitrogens with one attached hydrogen (secondary N) is 1. The summed E-state index contributed by atoms with van der Waals surface area (Å²) in [5, 5.41) is 3.09. The van der Waals surface area contributed by atoms with Crippen LogP contribution in [0.2, 0.25) is 0 Å². The molecule has 1 aromatic carbocycles. The van der Waals surface area contributed by atoms with Crippen LogP contribution in [-0.4, -0.2) is 78.4 Å². The third-order valence-electron chi connectivity index (χ3n) is 6.33. The van der Waals surface area contributed by atoms with Crippen LogP contribution in [0.5, 0.6) is 0 Å². The fourth-order valence-corrected chi connectivity index (χ4v) is 4.55. The molecule has 1 aromatic rings. The molecular weight excluding hydrogens is 392 g/mol. The van der Waals surface area contributed by atoms with Gasteiger partial charge in [-0.2, -0.15) is 0 Å². The van der Waals surface area contributed by atoms with E-state index in [2.05, 4.69) is 17.2 Å². The Morgan fingerprint density at radius 2 is 1.87 bits per heavy atom. The first kappa shape index (κ1) is 22.8. The van der Waals surface area contributed by atoms with Crippen LogP contribution in [0.25, 0.3) is 0 Å². The molecule has 0 unspecified atom stereocenters. The van der Waals surface area contributed by atoms with Crippen LogP contribution in [0.3, 0.4) is 0 Å². The monoisotopic (exact) mass is 424 g/mol. The van der Waals surface area contributed by atoms with E-state index in [1.165, 1.54) is 4.90 Å². The molecule has 2 heterocycles. The fourth-order valence-electron chi connectivity index (χ4n) is 4.55. The van der Waals surface area contributed by atoms with Crippen LogP contribution < -0.4 is 5.32 Å². The summed E-state index contributed by atoms with van der Waals surface area (Å²) in [4.78, 5) is 43.6. The number of aryl methyl sites for hydroxylation is 1.